The molecule has 7 heteroatoms. The van der Waals surface area contributed by atoms with Crippen molar-refractivity contribution in [3.63, 3.8) is 0 Å². The molecule has 0 saturated heterocycles. The largest absolute Gasteiger partial charge is 0.497 e. The van der Waals surface area contributed by atoms with Gasteiger partial charge in [-0.05, 0) is 57.4 Å². The van der Waals surface area contributed by atoms with E-state index in [4.69, 9.17) is 9.15 Å². The van der Waals surface area contributed by atoms with Gasteiger partial charge in [-0.3, -0.25) is 0 Å². The molecule has 0 amide bonds. The molecule has 24 heavy (non-hydrogen) atoms. The van der Waals surface area contributed by atoms with Crippen molar-refractivity contribution in [1.29, 1.82) is 0 Å². The van der Waals surface area contributed by atoms with Gasteiger partial charge in [-0.25, -0.2) is 8.42 Å². The SMILES string of the molecule is COc1ccc(S(=O)(=O)N(CCN(C)C)Cc2ccc(C)o2)cc1. The Kier molecular flexibility index (Phi) is 6.04. The number of aryl methyl sites for hydroxylation is 1. The predicted molar refractivity (Wildman–Crippen MR) is 92.6 cm³/mol. The number of methoxy groups -OCH3 is 1. The van der Waals surface area contributed by atoms with Crippen LogP contribution in [0.1, 0.15) is 11.5 Å². The fourth-order valence-corrected chi connectivity index (χ4v) is 3.63. The first kappa shape index (κ1) is 18.5. The average Bonchev–Trinajstić information content (AvgIpc) is 2.96. The summed E-state index contributed by atoms with van der Waals surface area (Å²) in [6, 6.07) is 10.1. The van der Waals surface area contributed by atoms with Gasteiger partial charge in [0, 0.05) is 13.1 Å². The zero-order chi connectivity index (χ0) is 17.7. The summed E-state index contributed by atoms with van der Waals surface area (Å²) in [7, 11) is 1.75. The van der Waals surface area contributed by atoms with E-state index in [1.807, 2.05) is 38.1 Å². The van der Waals surface area contributed by atoms with Crippen LogP contribution in [0.5, 0.6) is 5.75 Å². The molecule has 0 fully saturated rings. The Morgan fingerprint density at radius 1 is 1.04 bits per heavy atom. The topological polar surface area (TPSA) is 63.0 Å². The molecule has 0 aliphatic heterocycles. The third kappa shape index (κ3) is 4.59. The highest BCUT2D eigenvalue weighted by Crippen LogP contribution is 2.21. The first-order chi connectivity index (χ1) is 11.3. The van der Waals surface area contributed by atoms with Crippen molar-refractivity contribution in [1.82, 2.24) is 9.21 Å². The zero-order valence-electron chi connectivity index (χ0n) is 14.5. The van der Waals surface area contributed by atoms with E-state index in [1.54, 1.807) is 31.4 Å². The van der Waals surface area contributed by atoms with Gasteiger partial charge in [0.05, 0.1) is 18.6 Å². The van der Waals surface area contributed by atoms with Crippen LogP contribution in [0.25, 0.3) is 0 Å². The molecule has 2 rings (SSSR count). The maximum atomic E-state index is 13.0. The van der Waals surface area contributed by atoms with Crippen molar-refractivity contribution in [3.8, 4) is 5.75 Å². The van der Waals surface area contributed by atoms with Crippen LogP contribution in [0.3, 0.4) is 0 Å². The highest BCUT2D eigenvalue weighted by Gasteiger charge is 2.25. The fourth-order valence-electron chi connectivity index (χ4n) is 2.24. The number of ether oxygens (including phenoxy) is 1. The van der Waals surface area contributed by atoms with E-state index in [9.17, 15) is 8.42 Å². The Morgan fingerprint density at radius 2 is 1.71 bits per heavy atom. The Labute approximate surface area is 143 Å². The summed E-state index contributed by atoms with van der Waals surface area (Å²) < 4.78 is 38.0. The summed E-state index contributed by atoms with van der Waals surface area (Å²) >= 11 is 0. The van der Waals surface area contributed by atoms with Gasteiger partial charge in [-0.1, -0.05) is 0 Å². The number of hydrogen-bond donors (Lipinski definition) is 0. The van der Waals surface area contributed by atoms with Crippen LogP contribution in [-0.4, -0.2) is 51.9 Å². The second-order valence-corrected chi connectivity index (χ2v) is 7.77. The lowest BCUT2D eigenvalue weighted by atomic mass is 10.3. The molecule has 132 valence electrons. The summed E-state index contributed by atoms with van der Waals surface area (Å²) in [6.07, 6.45) is 0. The van der Waals surface area contributed by atoms with Gasteiger partial charge >= 0.3 is 0 Å². The number of likely N-dealkylation sites (N-methyl/N-ethyl adjacent to an activating group) is 1. The van der Waals surface area contributed by atoms with Crippen molar-refractivity contribution in [2.75, 3.05) is 34.3 Å². The number of nitrogens with zero attached hydrogens (tertiary/aromatic N) is 2. The highest BCUT2D eigenvalue weighted by molar-refractivity contribution is 7.89. The first-order valence-electron chi connectivity index (χ1n) is 7.67. The molecule has 1 aromatic heterocycles. The summed E-state index contributed by atoms with van der Waals surface area (Å²) in [6.45, 7) is 3.04. The minimum absolute atomic E-state index is 0.204. The van der Waals surface area contributed by atoms with Crippen molar-refractivity contribution >= 4 is 10.0 Å². The molecular weight excluding hydrogens is 328 g/mol. The molecule has 1 aromatic carbocycles. The average molecular weight is 352 g/mol. The molecule has 0 aliphatic rings. The number of benzene rings is 1. The van der Waals surface area contributed by atoms with Gasteiger partial charge in [-0.2, -0.15) is 4.31 Å². The first-order valence-corrected chi connectivity index (χ1v) is 9.11. The van der Waals surface area contributed by atoms with E-state index in [2.05, 4.69) is 0 Å². The van der Waals surface area contributed by atoms with Gasteiger partial charge in [0.15, 0.2) is 0 Å². The molecule has 6 nitrogen and oxygen atoms in total. The lowest BCUT2D eigenvalue weighted by molar-refractivity contribution is 0.310. The molecule has 2 aromatic rings. The Hall–Kier alpha value is -1.83. The van der Waals surface area contributed by atoms with Gasteiger partial charge in [0.25, 0.3) is 0 Å². The quantitative estimate of drug-likeness (QED) is 0.730. The molecule has 0 atom stereocenters. The summed E-state index contributed by atoms with van der Waals surface area (Å²) in [5.74, 6) is 2.01. The smallest absolute Gasteiger partial charge is 0.243 e. The van der Waals surface area contributed by atoms with E-state index in [0.717, 1.165) is 5.76 Å². The number of rotatable bonds is 8. The monoisotopic (exact) mass is 352 g/mol. The zero-order valence-corrected chi connectivity index (χ0v) is 15.3. The third-order valence-electron chi connectivity index (χ3n) is 3.62. The minimum Gasteiger partial charge on any atom is -0.497 e. The number of furan rings is 1. The van der Waals surface area contributed by atoms with E-state index >= 15 is 0 Å². The fraction of sp³-hybridized carbons (Fsp3) is 0.412. The molecule has 0 spiro atoms. The lowest BCUT2D eigenvalue weighted by Crippen LogP contribution is -2.36. The highest BCUT2D eigenvalue weighted by atomic mass is 32.2. The Bertz CT molecular complexity index is 751. The van der Waals surface area contributed by atoms with Crippen LogP contribution >= 0.6 is 0 Å². The Balaban J connectivity index is 2.28. The molecular formula is C17H24N2O4S. The molecule has 0 radical (unpaired) electrons. The van der Waals surface area contributed by atoms with Crippen LogP contribution < -0.4 is 4.74 Å². The van der Waals surface area contributed by atoms with E-state index in [1.165, 1.54) is 4.31 Å². The normalized spacial score (nSPS) is 12.1. The molecule has 0 unspecified atom stereocenters. The summed E-state index contributed by atoms with van der Waals surface area (Å²) in [4.78, 5) is 2.19. The number of sulfonamides is 1. The maximum absolute atomic E-state index is 13.0. The van der Waals surface area contributed by atoms with Crippen molar-refractivity contribution in [3.05, 3.63) is 47.9 Å². The van der Waals surface area contributed by atoms with E-state index in [-0.39, 0.29) is 11.4 Å². The molecule has 0 aliphatic carbocycles. The van der Waals surface area contributed by atoms with Gasteiger partial charge < -0.3 is 14.1 Å². The second kappa shape index (κ2) is 7.83. The maximum Gasteiger partial charge on any atom is 0.243 e. The van der Waals surface area contributed by atoms with Crippen LogP contribution in [-0.2, 0) is 16.6 Å². The lowest BCUT2D eigenvalue weighted by Gasteiger charge is -2.23. The van der Waals surface area contributed by atoms with Crippen LogP contribution in [0.2, 0.25) is 0 Å². The summed E-state index contributed by atoms with van der Waals surface area (Å²) in [5.41, 5.74) is 0. The van der Waals surface area contributed by atoms with Crippen LogP contribution in [0.15, 0.2) is 45.7 Å². The standard InChI is InChI=1S/C17H24N2O4S/c1-14-5-6-16(23-14)13-19(12-11-18(2)3)24(20,21)17-9-7-15(22-4)8-10-17/h5-10H,11-13H2,1-4H3. The minimum atomic E-state index is -3.62. The molecule has 1 heterocycles. The predicted octanol–water partition coefficient (Wildman–Crippen LogP) is 2.35. The number of hydrogen-bond acceptors (Lipinski definition) is 5. The van der Waals surface area contributed by atoms with Gasteiger partial charge in [0.2, 0.25) is 10.0 Å². The van der Waals surface area contributed by atoms with E-state index < -0.39 is 10.0 Å². The van der Waals surface area contributed by atoms with Crippen LogP contribution in [0.4, 0.5) is 0 Å². The van der Waals surface area contributed by atoms with Gasteiger partial charge in [0.1, 0.15) is 17.3 Å². The molecule has 0 N–H and O–H groups in total. The molecule has 0 bridgehead atoms. The van der Waals surface area contributed by atoms with Crippen molar-refractivity contribution in [2.45, 2.75) is 18.4 Å². The van der Waals surface area contributed by atoms with E-state index in [0.29, 0.717) is 24.6 Å². The third-order valence-corrected chi connectivity index (χ3v) is 5.48. The second-order valence-electron chi connectivity index (χ2n) is 5.83. The van der Waals surface area contributed by atoms with Gasteiger partial charge in [-0.15, -0.1) is 0 Å². The van der Waals surface area contributed by atoms with Crippen molar-refractivity contribution in [2.24, 2.45) is 0 Å². The Morgan fingerprint density at radius 3 is 2.21 bits per heavy atom. The summed E-state index contributed by atoms with van der Waals surface area (Å²) in [5, 5.41) is 0. The van der Waals surface area contributed by atoms with Crippen molar-refractivity contribution < 1.29 is 17.6 Å². The molecule has 0 saturated carbocycles. The van der Waals surface area contributed by atoms with Crippen LogP contribution in [0, 0.1) is 6.92 Å².